The van der Waals surface area contributed by atoms with Crippen molar-refractivity contribution >= 4 is 23.3 Å². The molecule has 0 radical (unpaired) electrons. The zero-order valence-corrected chi connectivity index (χ0v) is 10.9. The van der Waals surface area contributed by atoms with E-state index in [9.17, 15) is 4.79 Å². The quantitative estimate of drug-likeness (QED) is 0.880. The minimum atomic E-state index is -0.908. The number of nitrogens with zero attached hydrogens (tertiary/aromatic N) is 1. The molecule has 98 valence electrons. The molecule has 0 bridgehead atoms. The van der Waals surface area contributed by atoms with Crippen molar-refractivity contribution in [2.75, 3.05) is 18.0 Å². The summed E-state index contributed by atoms with van der Waals surface area (Å²) in [6, 6.07) is 5.05. The van der Waals surface area contributed by atoms with Crippen molar-refractivity contribution in [2.24, 2.45) is 5.73 Å². The van der Waals surface area contributed by atoms with E-state index in [0.29, 0.717) is 5.02 Å². The summed E-state index contributed by atoms with van der Waals surface area (Å²) < 4.78 is 0. The first-order valence-electron chi connectivity index (χ1n) is 6.10. The third-order valence-electron chi connectivity index (χ3n) is 3.24. The molecule has 1 heterocycles. The Hall–Kier alpha value is -1.26. The lowest BCUT2D eigenvalue weighted by atomic mass is 10.0. The maximum absolute atomic E-state index is 10.8. The molecule has 0 amide bonds. The van der Waals surface area contributed by atoms with Crippen molar-refractivity contribution < 1.29 is 9.90 Å². The van der Waals surface area contributed by atoms with Gasteiger partial charge in [-0.3, -0.25) is 4.79 Å². The molecule has 4 nitrogen and oxygen atoms in total. The Bertz CT molecular complexity index is 445. The highest BCUT2D eigenvalue weighted by atomic mass is 35.5. The SMILES string of the molecule is NC(CC(=O)O)c1c(Cl)cccc1N1CCCC1. The molecular formula is C13H17ClN2O2. The first-order chi connectivity index (χ1) is 8.59. The molecule has 3 N–H and O–H groups in total. The molecule has 1 aromatic rings. The fraction of sp³-hybridized carbons (Fsp3) is 0.462. The number of carboxylic acids is 1. The Balaban J connectivity index is 2.34. The zero-order valence-electron chi connectivity index (χ0n) is 10.1. The summed E-state index contributed by atoms with van der Waals surface area (Å²) in [5.74, 6) is -0.908. The van der Waals surface area contributed by atoms with Crippen molar-refractivity contribution in [3.63, 3.8) is 0 Å². The largest absolute Gasteiger partial charge is 0.481 e. The number of aliphatic carboxylic acids is 1. The van der Waals surface area contributed by atoms with Gasteiger partial charge in [0.25, 0.3) is 0 Å². The summed E-state index contributed by atoms with van der Waals surface area (Å²) in [6.07, 6.45) is 2.20. The van der Waals surface area contributed by atoms with E-state index in [-0.39, 0.29) is 6.42 Å². The molecular weight excluding hydrogens is 252 g/mol. The Morgan fingerprint density at radius 1 is 1.44 bits per heavy atom. The predicted molar refractivity (Wildman–Crippen MR) is 72.1 cm³/mol. The van der Waals surface area contributed by atoms with Gasteiger partial charge in [-0.05, 0) is 25.0 Å². The number of nitrogens with two attached hydrogens (primary N) is 1. The van der Waals surface area contributed by atoms with E-state index in [0.717, 1.165) is 37.2 Å². The summed E-state index contributed by atoms with van der Waals surface area (Å²) in [5, 5.41) is 9.40. The fourth-order valence-corrected chi connectivity index (χ4v) is 2.73. The standard InChI is InChI=1S/C13H17ClN2O2/c14-9-4-3-5-11(16-6-1-2-7-16)13(9)10(15)8-12(17)18/h3-5,10H,1-2,6-8,15H2,(H,17,18). The van der Waals surface area contributed by atoms with Gasteiger partial charge in [0.05, 0.1) is 6.42 Å². The van der Waals surface area contributed by atoms with E-state index < -0.39 is 12.0 Å². The van der Waals surface area contributed by atoms with Crippen LogP contribution in [0.5, 0.6) is 0 Å². The van der Waals surface area contributed by atoms with Crippen LogP contribution in [0.1, 0.15) is 30.9 Å². The molecule has 1 aliphatic heterocycles. The smallest absolute Gasteiger partial charge is 0.305 e. The Kier molecular flexibility index (Phi) is 4.09. The van der Waals surface area contributed by atoms with Crippen LogP contribution in [0.4, 0.5) is 5.69 Å². The molecule has 1 fully saturated rings. The Morgan fingerprint density at radius 2 is 2.11 bits per heavy atom. The number of anilines is 1. The van der Waals surface area contributed by atoms with Gasteiger partial charge in [0.1, 0.15) is 0 Å². The molecule has 18 heavy (non-hydrogen) atoms. The van der Waals surface area contributed by atoms with Crippen LogP contribution < -0.4 is 10.6 Å². The number of carbonyl (C=O) groups is 1. The molecule has 2 rings (SSSR count). The summed E-state index contributed by atoms with van der Waals surface area (Å²) in [6.45, 7) is 1.96. The normalized spacial score (nSPS) is 16.9. The van der Waals surface area contributed by atoms with Gasteiger partial charge in [-0.2, -0.15) is 0 Å². The van der Waals surface area contributed by atoms with Gasteiger partial charge < -0.3 is 15.7 Å². The highest BCUT2D eigenvalue weighted by Crippen LogP contribution is 2.34. The molecule has 0 aromatic heterocycles. The Labute approximate surface area is 111 Å². The van der Waals surface area contributed by atoms with Crippen molar-refractivity contribution in [2.45, 2.75) is 25.3 Å². The van der Waals surface area contributed by atoms with Gasteiger partial charge in [0.15, 0.2) is 0 Å². The fourth-order valence-electron chi connectivity index (χ4n) is 2.42. The van der Waals surface area contributed by atoms with Crippen LogP contribution in [0.2, 0.25) is 5.02 Å². The van der Waals surface area contributed by atoms with Crippen LogP contribution in [-0.4, -0.2) is 24.2 Å². The van der Waals surface area contributed by atoms with E-state index in [4.69, 9.17) is 22.4 Å². The Morgan fingerprint density at radius 3 is 2.72 bits per heavy atom. The van der Waals surface area contributed by atoms with E-state index >= 15 is 0 Å². The van der Waals surface area contributed by atoms with Crippen molar-refractivity contribution in [1.82, 2.24) is 0 Å². The third-order valence-corrected chi connectivity index (χ3v) is 3.57. The van der Waals surface area contributed by atoms with Crippen molar-refractivity contribution in [3.8, 4) is 0 Å². The second-order valence-corrected chi connectivity index (χ2v) is 4.98. The zero-order chi connectivity index (χ0) is 13.1. The maximum Gasteiger partial charge on any atom is 0.305 e. The highest BCUT2D eigenvalue weighted by molar-refractivity contribution is 6.31. The number of carboxylic acid groups (broad SMARTS) is 1. The molecule has 1 aliphatic rings. The number of hydrogen-bond acceptors (Lipinski definition) is 3. The van der Waals surface area contributed by atoms with Crippen molar-refractivity contribution in [3.05, 3.63) is 28.8 Å². The topological polar surface area (TPSA) is 66.6 Å². The minimum absolute atomic E-state index is 0.107. The van der Waals surface area contributed by atoms with E-state index in [1.165, 1.54) is 0 Å². The molecule has 0 spiro atoms. The van der Waals surface area contributed by atoms with Crippen LogP contribution in [0.15, 0.2) is 18.2 Å². The van der Waals surface area contributed by atoms with E-state index in [2.05, 4.69) is 4.90 Å². The molecule has 1 unspecified atom stereocenters. The summed E-state index contributed by atoms with van der Waals surface area (Å²) >= 11 is 6.19. The van der Waals surface area contributed by atoms with Gasteiger partial charge in [-0.25, -0.2) is 0 Å². The summed E-state index contributed by atoms with van der Waals surface area (Å²) in [4.78, 5) is 13.0. The molecule has 1 atom stereocenters. The van der Waals surface area contributed by atoms with Crippen LogP contribution in [-0.2, 0) is 4.79 Å². The molecule has 5 heteroatoms. The predicted octanol–water partition coefficient (Wildman–Crippen LogP) is 2.41. The van der Waals surface area contributed by atoms with Gasteiger partial charge in [-0.1, -0.05) is 17.7 Å². The average molecular weight is 269 g/mol. The average Bonchev–Trinajstić information content (AvgIpc) is 2.80. The van der Waals surface area contributed by atoms with Crippen LogP contribution in [0, 0.1) is 0 Å². The van der Waals surface area contributed by atoms with Crippen LogP contribution in [0.3, 0.4) is 0 Å². The van der Waals surface area contributed by atoms with Crippen molar-refractivity contribution in [1.29, 1.82) is 0 Å². The number of rotatable bonds is 4. The molecule has 0 saturated carbocycles. The van der Waals surface area contributed by atoms with E-state index in [1.807, 2.05) is 12.1 Å². The monoisotopic (exact) mass is 268 g/mol. The summed E-state index contributed by atoms with van der Waals surface area (Å²) in [5.41, 5.74) is 7.71. The number of benzene rings is 1. The van der Waals surface area contributed by atoms with Gasteiger partial charge >= 0.3 is 5.97 Å². The second kappa shape index (κ2) is 5.59. The third kappa shape index (κ3) is 2.76. The van der Waals surface area contributed by atoms with Crippen LogP contribution in [0.25, 0.3) is 0 Å². The summed E-state index contributed by atoms with van der Waals surface area (Å²) in [7, 11) is 0. The highest BCUT2D eigenvalue weighted by Gasteiger charge is 2.22. The lowest BCUT2D eigenvalue weighted by Gasteiger charge is -2.24. The first kappa shape index (κ1) is 13.2. The minimum Gasteiger partial charge on any atom is -0.481 e. The number of hydrogen-bond donors (Lipinski definition) is 2. The molecule has 1 aromatic carbocycles. The lowest BCUT2D eigenvalue weighted by Crippen LogP contribution is -2.23. The lowest BCUT2D eigenvalue weighted by molar-refractivity contribution is -0.137. The first-order valence-corrected chi connectivity index (χ1v) is 6.48. The van der Waals surface area contributed by atoms with Gasteiger partial charge in [0, 0.05) is 35.4 Å². The second-order valence-electron chi connectivity index (χ2n) is 4.57. The number of halogens is 1. The maximum atomic E-state index is 10.8. The molecule has 0 aliphatic carbocycles. The van der Waals surface area contributed by atoms with E-state index in [1.54, 1.807) is 6.07 Å². The van der Waals surface area contributed by atoms with Crippen LogP contribution >= 0.6 is 11.6 Å². The van der Waals surface area contributed by atoms with Gasteiger partial charge in [-0.15, -0.1) is 0 Å². The van der Waals surface area contributed by atoms with Gasteiger partial charge in [0.2, 0.25) is 0 Å². The molecule has 1 saturated heterocycles.